The molecule has 0 radical (unpaired) electrons. The molecule has 10 heavy (non-hydrogen) atoms. The van der Waals surface area contributed by atoms with Crippen molar-refractivity contribution in [2.45, 2.75) is 25.5 Å². The molecule has 3 nitrogen and oxygen atoms in total. The molecule has 0 amide bonds. The molecule has 1 rings (SSSR count). The normalized spacial score (nSPS) is 28.6. The largest absolute Gasteiger partial charge is 0.356 e. The molecule has 1 aliphatic heterocycles. The molecule has 1 heterocycles. The van der Waals surface area contributed by atoms with E-state index < -0.39 is 0 Å². The first-order chi connectivity index (χ1) is 4.93. The van der Waals surface area contributed by atoms with Crippen LogP contribution in [0.3, 0.4) is 0 Å². The number of nitrogens with one attached hydrogen (secondary N) is 1. The Bertz CT molecular complexity index is 97.8. The van der Waals surface area contributed by atoms with Gasteiger partial charge in [0.15, 0.2) is 12.5 Å². The molecule has 0 saturated carbocycles. The molecule has 1 saturated heterocycles. The lowest BCUT2D eigenvalue weighted by molar-refractivity contribution is -0.120. The zero-order chi connectivity index (χ0) is 7.23. The molecule has 0 bridgehead atoms. The lowest BCUT2D eigenvalue weighted by atomic mass is 10.2. The summed E-state index contributed by atoms with van der Waals surface area (Å²) in [5, 5.41) is 2.98. The Labute approximate surface area is 60.7 Å². The van der Waals surface area contributed by atoms with Crippen LogP contribution in [0, 0.1) is 0 Å². The number of aldehydes is 1. The first-order valence-electron chi connectivity index (χ1n) is 3.74. The fraction of sp³-hybridized carbons (Fsp3) is 0.857. The number of hydrogen-bond donors (Lipinski definition) is 1. The number of ether oxygens (including phenoxy) is 1. The molecule has 3 heteroatoms. The van der Waals surface area contributed by atoms with Crippen LogP contribution < -0.4 is 5.32 Å². The Balaban J connectivity index is 2.22. The van der Waals surface area contributed by atoms with Crippen LogP contribution in [0.5, 0.6) is 0 Å². The van der Waals surface area contributed by atoms with Crippen molar-refractivity contribution in [3.8, 4) is 0 Å². The molecular weight excluding hydrogens is 130 g/mol. The van der Waals surface area contributed by atoms with Gasteiger partial charge in [-0.3, -0.25) is 10.1 Å². The van der Waals surface area contributed by atoms with Gasteiger partial charge in [0.1, 0.15) is 0 Å². The summed E-state index contributed by atoms with van der Waals surface area (Å²) in [5.74, 6) is 0. The molecule has 1 unspecified atom stereocenters. The predicted octanol–water partition coefficient (Wildman–Crippen LogP) is 0.301. The zero-order valence-electron chi connectivity index (χ0n) is 6.01. The first-order valence-corrected chi connectivity index (χ1v) is 3.74. The smallest absolute Gasteiger partial charge is 0.164 e. The van der Waals surface area contributed by atoms with E-state index in [1.165, 1.54) is 6.42 Å². The molecule has 1 fully saturated rings. The van der Waals surface area contributed by atoms with Gasteiger partial charge in [0, 0.05) is 6.61 Å². The quantitative estimate of drug-likeness (QED) is 0.536. The van der Waals surface area contributed by atoms with Gasteiger partial charge in [0.05, 0.1) is 0 Å². The van der Waals surface area contributed by atoms with Crippen molar-refractivity contribution < 1.29 is 9.53 Å². The Morgan fingerprint density at radius 1 is 1.40 bits per heavy atom. The monoisotopic (exact) mass is 143 g/mol. The molecule has 0 spiro atoms. The lowest BCUT2D eigenvalue weighted by Crippen LogP contribution is -2.35. The maximum atomic E-state index is 10.2. The summed E-state index contributed by atoms with van der Waals surface area (Å²) >= 11 is 0. The van der Waals surface area contributed by atoms with Gasteiger partial charge in [-0.25, -0.2) is 0 Å². The SMILES string of the molecule is O=CC1NCCCCCO1. The summed E-state index contributed by atoms with van der Waals surface area (Å²) in [6.07, 6.45) is 3.86. The highest BCUT2D eigenvalue weighted by molar-refractivity contribution is 5.55. The van der Waals surface area contributed by atoms with Crippen LogP contribution in [0.15, 0.2) is 0 Å². The van der Waals surface area contributed by atoms with E-state index in [-0.39, 0.29) is 6.23 Å². The maximum absolute atomic E-state index is 10.2. The molecule has 0 aromatic rings. The van der Waals surface area contributed by atoms with Crippen LogP contribution in [0.1, 0.15) is 19.3 Å². The second-order valence-electron chi connectivity index (χ2n) is 2.44. The van der Waals surface area contributed by atoms with Gasteiger partial charge in [-0.15, -0.1) is 0 Å². The summed E-state index contributed by atoms with van der Waals surface area (Å²) in [6, 6.07) is 0. The molecule has 0 aromatic carbocycles. The molecule has 1 N–H and O–H groups in total. The minimum absolute atomic E-state index is 0.361. The zero-order valence-corrected chi connectivity index (χ0v) is 6.01. The van der Waals surface area contributed by atoms with Gasteiger partial charge in [-0.1, -0.05) is 0 Å². The second-order valence-corrected chi connectivity index (χ2v) is 2.44. The lowest BCUT2D eigenvalue weighted by Gasteiger charge is -2.16. The van der Waals surface area contributed by atoms with Crippen molar-refractivity contribution in [3.05, 3.63) is 0 Å². The summed E-state index contributed by atoms with van der Waals surface area (Å²) < 4.78 is 5.15. The van der Waals surface area contributed by atoms with E-state index >= 15 is 0 Å². The maximum Gasteiger partial charge on any atom is 0.164 e. The summed E-state index contributed by atoms with van der Waals surface area (Å²) in [6.45, 7) is 1.60. The molecule has 0 aliphatic carbocycles. The third-order valence-electron chi connectivity index (χ3n) is 1.59. The third kappa shape index (κ3) is 2.45. The highest BCUT2D eigenvalue weighted by Gasteiger charge is 2.07. The number of carbonyl (C=O) groups is 1. The van der Waals surface area contributed by atoms with Crippen LogP contribution in [0.2, 0.25) is 0 Å². The van der Waals surface area contributed by atoms with Crippen molar-refractivity contribution in [3.63, 3.8) is 0 Å². The molecule has 1 aliphatic rings. The fourth-order valence-corrected chi connectivity index (χ4v) is 1.00. The van der Waals surface area contributed by atoms with Crippen LogP contribution >= 0.6 is 0 Å². The van der Waals surface area contributed by atoms with E-state index in [1.807, 2.05) is 0 Å². The van der Waals surface area contributed by atoms with Crippen LogP contribution in [-0.4, -0.2) is 25.7 Å². The van der Waals surface area contributed by atoms with Crippen molar-refractivity contribution in [1.82, 2.24) is 5.32 Å². The van der Waals surface area contributed by atoms with Gasteiger partial charge in [-0.2, -0.15) is 0 Å². The highest BCUT2D eigenvalue weighted by atomic mass is 16.5. The summed E-state index contributed by atoms with van der Waals surface area (Å²) in [7, 11) is 0. The van der Waals surface area contributed by atoms with E-state index in [0.29, 0.717) is 6.61 Å². The van der Waals surface area contributed by atoms with Crippen molar-refractivity contribution >= 4 is 6.29 Å². The van der Waals surface area contributed by atoms with Gasteiger partial charge >= 0.3 is 0 Å². The van der Waals surface area contributed by atoms with Gasteiger partial charge < -0.3 is 4.74 Å². The molecular formula is C7H13NO2. The Morgan fingerprint density at radius 3 is 3.10 bits per heavy atom. The van der Waals surface area contributed by atoms with Crippen molar-refractivity contribution in [2.75, 3.05) is 13.2 Å². The minimum atomic E-state index is -0.361. The predicted molar refractivity (Wildman–Crippen MR) is 37.7 cm³/mol. The van der Waals surface area contributed by atoms with E-state index in [0.717, 1.165) is 25.7 Å². The van der Waals surface area contributed by atoms with E-state index in [1.54, 1.807) is 0 Å². The average molecular weight is 143 g/mol. The average Bonchev–Trinajstić information content (AvgIpc) is 1.87. The fourth-order valence-electron chi connectivity index (χ4n) is 1.00. The molecule has 0 aromatic heterocycles. The highest BCUT2D eigenvalue weighted by Crippen LogP contribution is 1.99. The second kappa shape index (κ2) is 4.41. The van der Waals surface area contributed by atoms with Gasteiger partial charge in [-0.05, 0) is 25.8 Å². The van der Waals surface area contributed by atoms with Crippen molar-refractivity contribution in [2.24, 2.45) is 0 Å². The van der Waals surface area contributed by atoms with Crippen LogP contribution in [0.4, 0.5) is 0 Å². The number of rotatable bonds is 1. The number of carbonyl (C=O) groups excluding carboxylic acids is 1. The molecule has 58 valence electrons. The van der Waals surface area contributed by atoms with E-state index in [9.17, 15) is 4.79 Å². The first kappa shape index (κ1) is 7.69. The van der Waals surface area contributed by atoms with Gasteiger partial charge in [0.2, 0.25) is 0 Å². The van der Waals surface area contributed by atoms with Crippen LogP contribution in [-0.2, 0) is 9.53 Å². The number of hydrogen-bond acceptors (Lipinski definition) is 3. The summed E-state index contributed by atoms with van der Waals surface area (Å²) in [4.78, 5) is 10.2. The standard InChI is InChI=1S/C7H13NO2/c9-6-7-8-4-2-1-3-5-10-7/h6-8H,1-5H2. The Morgan fingerprint density at radius 2 is 2.30 bits per heavy atom. The van der Waals surface area contributed by atoms with Gasteiger partial charge in [0.25, 0.3) is 0 Å². The third-order valence-corrected chi connectivity index (χ3v) is 1.59. The van der Waals surface area contributed by atoms with Crippen molar-refractivity contribution in [1.29, 1.82) is 0 Å². The minimum Gasteiger partial charge on any atom is -0.356 e. The Hall–Kier alpha value is -0.410. The van der Waals surface area contributed by atoms with E-state index in [2.05, 4.69) is 5.32 Å². The topological polar surface area (TPSA) is 38.3 Å². The summed E-state index contributed by atoms with van der Waals surface area (Å²) in [5.41, 5.74) is 0. The van der Waals surface area contributed by atoms with Crippen LogP contribution in [0.25, 0.3) is 0 Å². The Kier molecular flexibility index (Phi) is 3.40. The van der Waals surface area contributed by atoms with E-state index in [4.69, 9.17) is 4.74 Å². The molecule has 1 atom stereocenters.